The number of likely N-dealkylation sites (tertiary alicyclic amines) is 1. The summed E-state index contributed by atoms with van der Waals surface area (Å²) in [6.07, 6.45) is 13.8. The number of para-hydroxylation sites is 1. The molecule has 4 nitrogen and oxygen atoms in total. The summed E-state index contributed by atoms with van der Waals surface area (Å²) in [5.41, 5.74) is 7.46. The van der Waals surface area contributed by atoms with Crippen LogP contribution in [0.2, 0.25) is 0 Å². The van der Waals surface area contributed by atoms with Gasteiger partial charge in [0.1, 0.15) is 0 Å². The highest BCUT2D eigenvalue weighted by molar-refractivity contribution is 5.60. The highest BCUT2D eigenvalue weighted by atomic mass is 15.2. The zero-order valence-electron chi connectivity index (χ0n) is 21.5. The maximum Gasteiger partial charge on any atom is 0.0506 e. The Bertz CT molecular complexity index is 1040. The number of hydrogen-bond acceptors (Lipinski definition) is 4. The number of anilines is 2. The first-order valence-electron chi connectivity index (χ1n) is 14.1. The van der Waals surface area contributed by atoms with Crippen LogP contribution in [-0.2, 0) is 12.8 Å². The first-order valence-corrected chi connectivity index (χ1v) is 14.1. The van der Waals surface area contributed by atoms with Gasteiger partial charge in [-0.3, -0.25) is 0 Å². The molecule has 0 amide bonds. The van der Waals surface area contributed by atoms with Gasteiger partial charge < -0.3 is 19.6 Å². The quantitative estimate of drug-likeness (QED) is 0.512. The molecule has 0 aromatic heterocycles. The van der Waals surface area contributed by atoms with Gasteiger partial charge in [-0.05, 0) is 99.5 Å². The van der Waals surface area contributed by atoms with Crippen LogP contribution >= 0.6 is 0 Å². The first kappa shape index (κ1) is 23.0. The van der Waals surface area contributed by atoms with Crippen LogP contribution in [0.1, 0.15) is 48.8 Å². The third-order valence-electron chi connectivity index (χ3n) is 8.89. The molecular formula is C31H42N4. The Hall–Kier alpha value is -2.46. The summed E-state index contributed by atoms with van der Waals surface area (Å²) in [6.45, 7) is 10.8. The number of fused-ring (bicyclic) bond motifs is 2. The molecule has 4 aliphatic rings. The molecule has 1 saturated heterocycles. The maximum atomic E-state index is 2.72. The number of rotatable bonds is 7. The van der Waals surface area contributed by atoms with Crippen molar-refractivity contribution in [2.24, 2.45) is 0 Å². The summed E-state index contributed by atoms with van der Waals surface area (Å²) >= 11 is 0. The van der Waals surface area contributed by atoms with E-state index in [1.54, 1.807) is 5.56 Å². The van der Waals surface area contributed by atoms with Gasteiger partial charge >= 0.3 is 0 Å². The molecule has 186 valence electrons. The van der Waals surface area contributed by atoms with E-state index in [2.05, 4.69) is 81.3 Å². The van der Waals surface area contributed by atoms with Gasteiger partial charge in [0.05, 0.1) is 6.04 Å². The molecule has 0 spiro atoms. The van der Waals surface area contributed by atoms with E-state index < -0.39 is 0 Å². The van der Waals surface area contributed by atoms with E-state index in [4.69, 9.17) is 0 Å². The summed E-state index contributed by atoms with van der Waals surface area (Å²) in [4.78, 5) is 10.6. The lowest BCUT2D eigenvalue weighted by Crippen LogP contribution is -2.44. The Labute approximate surface area is 212 Å². The first-order chi connectivity index (χ1) is 17.2. The molecule has 4 aliphatic heterocycles. The Kier molecular flexibility index (Phi) is 6.73. The van der Waals surface area contributed by atoms with E-state index in [9.17, 15) is 0 Å². The van der Waals surface area contributed by atoms with Crippen LogP contribution in [0.5, 0.6) is 0 Å². The fourth-order valence-electron chi connectivity index (χ4n) is 6.84. The standard InChI is InChI=1S/C31H42N4/c1-25-8-9-27-11-23-35(31(27)24-25)29-14-20-33(21-15-29)17-5-4-16-32-18-12-28(13-19-32)34-22-10-26-6-2-3-7-30(26)34/h2-3,6-9,12,18,24,28-29H,4-5,10-11,13-17,19-23H2,1H3. The lowest BCUT2D eigenvalue weighted by atomic mass is 10.0. The highest BCUT2D eigenvalue weighted by Crippen LogP contribution is 2.34. The minimum Gasteiger partial charge on any atom is -0.377 e. The van der Waals surface area contributed by atoms with E-state index >= 15 is 0 Å². The monoisotopic (exact) mass is 470 g/mol. The summed E-state index contributed by atoms with van der Waals surface area (Å²) in [7, 11) is 0. The average Bonchev–Trinajstić information content (AvgIpc) is 3.52. The fraction of sp³-hybridized carbons (Fsp3) is 0.548. The van der Waals surface area contributed by atoms with Crippen molar-refractivity contribution in [3.63, 3.8) is 0 Å². The van der Waals surface area contributed by atoms with Crippen molar-refractivity contribution < 1.29 is 0 Å². The Morgan fingerprint density at radius 1 is 0.743 bits per heavy atom. The largest absolute Gasteiger partial charge is 0.377 e. The molecule has 1 fully saturated rings. The Balaban J connectivity index is 0.903. The topological polar surface area (TPSA) is 13.0 Å². The third-order valence-corrected chi connectivity index (χ3v) is 8.89. The van der Waals surface area contributed by atoms with Crippen LogP contribution in [-0.4, -0.2) is 67.7 Å². The molecular weight excluding hydrogens is 428 g/mol. The zero-order valence-corrected chi connectivity index (χ0v) is 21.5. The summed E-state index contributed by atoms with van der Waals surface area (Å²) < 4.78 is 0. The van der Waals surface area contributed by atoms with Gasteiger partial charge in [-0.1, -0.05) is 30.3 Å². The van der Waals surface area contributed by atoms with Gasteiger partial charge in [0.15, 0.2) is 0 Å². The van der Waals surface area contributed by atoms with Crippen molar-refractivity contribution in [1.82, 2.24) is 9.80 Å². The average molecular weight is 471 g/mol. The van der Waals surface area contributed by atoms with Crippen molar-refractivity contribution in [2.75, 3.05) is 55.6 Å². The normalized spacial score (nSPS) is 22.7. The molecule has 4 heteroatoms. The number of unbranched alkanes of at least 4 members (excludes halogenated alkanes) is 1. The lowest BCUT2D eigenvalue weighted by molar-refractivity contribution is 0.203. The van der Waals surface area contributed by atoms with E-state index in [1.807, 2.05) is 0 Å². The number of benzene rings is 2. The molecule has 0 radical (unpaired) electrons. The van der Waals surface area contributed by atoms with Gasteiger partial charge in [-0.25, -0.2) is 0 Å². The van der Waals surface area contributed by atoms with Crippen LogP contribution in [0.25, 0.3) is 0 Å². The second kappa shape index (κ2) is 10.3. The Morgan fingerprint density at radius 3 is 2.34 bits per heavy atom. The van der Waals surface area contributed by atoms with Crippen LogP contribution in [0.3, 0.4) is 0 Å². The predicted molar refractivity (Wildman–Crippen MR) is 148 cm³/mol. The molecule has 6 rings (SSSR count). The third kappa shape index (κ3) is 4.95. The smallest absolute Gasteiger partial charge is 0.0506 e. The minimum absolute atomic E-state index is 0.572. The predicted octanol–water partition coefficient (Wildman–Crippen LogP) is 5.25. The molecule has 0 saturated carbocycles. The molecule has 1 unspecified atom stereocenters. The fourth-order valence-corrected chi connectivity index (χ4v) is 6.84. The van der Waals surface area contributed by atoms with Crippen LogP contribution in [0, 0.1) is 6.92 Å². The van der Waals surface area contributed by atoms with Crippen LogP contribution in [0.4, 0.5) is 11.4 Å². The van der Waals surface area contributed by atoms with Crippen molar-refractivity contribution in [3.8, 4) is 0 Å². The van der Waals surface area contributed by atoms with Gasteiger partial charge in [0, 0.05) is 56.7 Å². The van der Waals surface area contributed by atoms with Crippen molar-refractivity contribution >= 4 is 11.4 Å². The molecule has 0 bridgehead atoms. The van der Waals surface area contributed by atoms with E-state index in [0.29, 0.717) is 6.04 Å². The molecule has 4 heterocycles. The van der Waals surface area contributed by atoms with Crippen molar-refractivity contribution in [1.29, 1.82) is 0 Å². The zero-order chi connectivity index (χ0) is 23.6. The van der Waals surface area contributed by atoms with Crippen molar-refractivity contribution in [3.05, 3.63) is 71.4 Å². The second-order valence-electron chi connectivity index (χ2n) is 11.2. The van der Waals surface area contributed by atoms with Crippen molar-refractivity contribution in [2.45, 2.75) is 64.0 Å². The van der Waals surface area contributed by atoms with E-state index in [-0.39, 0.29) is 0 Å². The Morgan fingerprint density at radius 2 is 1.51 bits per heavy atom. The molecule has 1 atom stereocenters. The van der Waals surface area contributed by atoms with Crippen LogP contribution < -0.4 is 9.80 Å². The number of hydrogen-bond donors (Lipinski definition) is 0. The molecule has 2 aromatic carbocycles. The van der Waals surface area contributed by atoms with Gasteiger partial charge in [0.25, 0.3) is 0 Å². The number of aryl methyl sites for hydroxylation is 1. The maximum absolute atomic E-state index is 2.72. The summed E-state index contributed by atoms with van der Waals surface area (Å²) in [6, 6.07) is 17.3. The van der Waals surface area contributed by atoms with E-state index in [0.717, 1.165) is 6.04 Å². The highest BCUT2D eigenvalue weighted by Gasteiger charge is 2.29. The van der Waals surface area contributed by atoms with Gasteiger partial charge in [-0.2, -0.15) is 0 Å². The number of piperidine rings is 1. The molecule has 0 N–H and O–H groups in total. The summed E-state index contributed by atoms with van der Waals surface area (Å²) in [5.74, 6) is 0. The van der Waals surface area contributed by atoms with Crippen LogP contribution in [0.15, 0.2) is 54.7 Å². The summed E-state index contributed by atoms with van der Waals surface area (Å²) in [5, 5.41) is 0. The second-order valence-corrected chi connectivity index (χ2v) is 11.2. The van der Waals surface area contributed by atoms with E-state index in [1.165, 1.54) is 113 Å². The lowest BCUT2D eigenvalue weighted by Gasteiger charge is -2.38. The van der Waals surface area contributed by atoms with Gasteiger partial charge in [0.2, 0.25) is 0 Å². The molecule has 0 aliphatic carbocycles. The minimum atomic E-state index is 0.572. The number of nitrogens with zero attached hydrogens (tertiary/aromatic N) is 4. The molecule has 2 aromatic rings. The SMILES string of the molecule is Cc1ccc2c(c1)N(C1CCN(CCCCN3C=CC(N4CCc5ccccc54)CC3)CC1)CC2. The van der Waals surface area contributed by atoms with Gasteiger partial charge in [-0.15, -0.1) is 0 Å². The molecule has 35 heavy (non-hydrogen) atoms.